The molecule has 0 aromatic heterocycles. The Hall–Kier alpha value is -0.730. The van der Waals surface area contributed by atoms with Crippen LogP contribution in [0.5, 0.6) is 0 Å². The fourth-order valence-corrected chi connectivity index (χ4v) is 2.46. The van der Waals surface area contributed by atoms with Crippen LogP contribution in [-0.2, 0) is 11.3 Å². The largest absolute Gasteiger partial charge is 0.354 e. The van der Waals surface area contributed by atoms with Gasteiger partial charge in [0.15, 0.2) is 0 Å². The number of ether oxygens (including phenoxy) is 1. The maximum atomic E-state index is 6.00. The van der Waals surface area contributed by atoms with Gasteiger partial charge in [0.25, 0.3) is 0 Å². The van der Waals surface area contributed by atoms with Crippen molar-refractivity contribution < 1.29 is 4.74 Å². The summed E-state index contributed by atoms with van der Waals surface area (Å²) in [6.07, 6.45) is 2.66. The smallest absolute Gasteiger partial charge is 0.130 e. The van der Waals surface area contributed by atoms with Crippen LogP contribution in [0, 0.1) is 0 Å². The predicted molar refractivity (Wildman–Crippen MR) is 56.6 cm³/mol. The molecule has 3 rings (SSSR count). The molecule has 3 heteroatoms. The van der Waals surface area contributed by atoms with Crippen LogP contribution in [0.2, 0.25) is 5.02 Å². The molecule has 1 aromatic rings. The monoisotopic (exact) mass is 209 g/mol. The van der Waals surface area contributed by atoms with Gasteiger partial charge in [-0.1, -0.05) is 17.7 Å². The SMILES string of the molecule is Clc1ccc2c(c1)N1CCCC1OC2. The molecule has 74 valence electrons. The average Bonchev–Trinajstić information content (AvgIpc) is 2.65. The standard InChI is InChI=1S/C11H12ClNO/c12-9-4-3-8-7-14-11-2-1-5-13(11)10(8)6-9/h3-4,6,11H,1-2,5,7H2. The van der Waals surface area contributed by atoms with Crippen molar-refractivity contribution in [2.75, 3.05) is 11.4 Å². The Kier molecular flexibility index (Phi) is 1.92. The fraction of sp³-hybridized carbons (Fsp3) is 0.455. The minimum Gasteiger partial charge on any atom is -0.354 e. The molecule has 1 fully saturated rings. The van der Waals surface area contributed by atoms with Crippen molar-refractivity contribution in [1.82, 2.24) is 0 Å². The number of anilines is 1. The summed E-state index contributed by atoms with van der Waals surface area (Å²) in [6, 6.07) is 6.05. The Morgan fingerprint density at radius 1 is 1.43 bits per heavy atom. The highest BCUT2D eigenvalue weighted by Gasteiger charge is 2.30. The van der Waals surface area contributed by atoms with E-state index < -0.39 is 0 Å². The van der Waals surface area contributed by atoms with E-state index in [1.165, 1.54) is 17.7 Å². The third-order valence-electron chi connectivity index (χ3n) is 2.99. The van der Waals surface area contributed by atoms with Crippen molar-refractivity contribution in [3.63, 3.8) is 0 Å². The zero-order chi connectivity index (χ0) is 9.54. The lowest BCUT2D eigenvalue weighted by Crippen LogP contribution is -2.35. The maximum absolute atomic E-state index is 6.00. The molecule has 0 amide bonds. The van der Waals surface area contributed by atoms with Gasteiger partial charge in [0.2, 0.25) is 0 Å². The molecule has 1 atom stereocenters. The highest BCUT2D eigenvalue weighted by atomic mass is 35.5. The molecule has 0 aliphatic carbocycles. The number of halogens is 1. The van der Waals surface area contributed by atoms with E-state index in [-0.39, 0.29) is 0 Å². The second-order valence-corrected chi connectivity index (χ2v) is 4.31. The van der Waals surface area contributed by atoms with E-state index in [0.29, 0.717) is 6.23 Å². The van der Waals surface area contributed by atoms with E-state index in [1.807, 2.05) is 6.07 Å². The molecule has 0 radical (unpaired) electrons. The Morgan fingerprint density at radius 2 is 2.36 bits per heavy atom. The molecule has 0 saturated carbocycles. The lowest BCUT2D eigenvalue weighted by atomic mass is 10.1. The molecule has 2 heterocycles. The fourth-order valence-electron chi connectivity index (χ4n) is 2.30. The Balaban J connectivity index is 2.07. The summed E-state index contributed by atoms with van der Waals surface area (Å²) >= 11 is 6.00. The Morgan fingerprint density at radius 3 is 3.29 bits per heavy atom. The van der Waals surface area contributed by atoms with E-state index in [1.54, 1.807) is 0 Å². The number of hydrogen-bond acceptors (Lipinski definition) is 2. The second-order valence-electron chi connectivity index (χ2n) is 3.87. The van der Waals surface area contributed by atoms with Crippen LogP contribution in [0.15, 0.2) is 18.2 Å². The van der Waals surface area contributed by atoms with Gasteiger partial charge in [-0.25, -0.2) is 0 Å². The van der Waals surface area contributed by atoms with Gasteiger partial charge < -0.3 is 9.64 Å². The number of benzene rings is 1. The van der Waals surface area contributed by atoms with Gasteiger partial charge in [-0.3, -0.25) is 0 Å². The summed E-state index contributed by atoms with van der Waals surface area (Å²) in [4.78, 5) is 2.32. The molecular formula is C11H12ClNO. The summed E-state index contributed by atoms with van der Waals surface area (Å²) in [5.41, 5.74) is 2.53. The first kappa shape index (κ1) is 8.57. The molecule has 1 aromatic carbocycles. The molecule has 2 nitrogen and oxygen atoms in total. The number of hydrogen-bond donors (Lipinski definition) is 0. The van der Waals surface area contributed by atoms with E-state index in [4.69, 9.17) is 16.3 Å². The van der Waals surface area contributed by atoms with Gasteiger partial charge >= 0.3 is 0 Å². The molecule has 2 aliphatic rings. The normalized spacial score (nSPS) is 24.6. The van der Waals surface area contributed by atoms with Crippen molar-refractivity contribution in [2.24, 2.45) is 0 Å². The van der Waals surface area contributed by atoms with Gasteiger partial charge in [-0.05, 0) is 25.0 Å². The van der Waals surface area contributed by atoms with Crippen LogP contribution in [0.1, 0.15) is 18.4 Å². The van der Waals surface area contributed by atoms with E-state index in [9.17, 15) is 0 Å². The van der Waals surface area contributed by atoms with Gasteiger partial charge in [-0.15, -0.1) is 0 Å². The summed E-state index contributed by atoms with van der Waals surface area (Å²) in [5, 5.41) is 0.816. The summed E-state index contributed by atoms with van der Waals surface area (Å²) < 4.78 is 5.75. The molecule has 2 aliphatic heterocycles. The zero-order valence-corrected chi connectivity index (χ0v) is 8.63. The molecule has 0 spiro atoms. The van der Waals surface area contributed by atoms with Crippen molar-refractivity contribution in [3.8, 4) is 0 Å². The van der Waals surface area contributed by atoms with E-state index >= 15 is 0 Å². The lowest BCUT2D eigenvalue weighted by molar-refractivity contribution is 0.0384. The number of fused-ring (bicyclic) bond motifs is 3. The Bertz CT molecular complexity index is 366. The summed E-state index contributed by atoms with van der Waals surface area (Å²) in [6.45, 7) is 1.83. The van der Waals surface area contributed by atoms with Gasteiger partial charge in [0.05, 0.1) is 6.61 Å². The van der Waals surface area contributed by atoms with Crippen LogP contribution >= 0.6 is 11.6 Å². The topological polar surface area (TPSA) is 12.5 Å². The summed E-state index contributed by atoms with van der Waals surface area (Å²) in [7, 11) is 0. The Labute approximate surface area is 88.4 Å². The number of nitrogens with zero attached hydrogens (tertiary/aromatic N) is 1. The maximum Gasteiger partial charge on any atom is 0.130 e. The predicted octanol–water partition coefficient (Wildman–Crippen LogP) is 2.80. The van der Waals surface area contributed by atoms with Crippen LogP contribution in [0.4, 0.5) is 5.69 Å². The first-order valence-electron chi connectivity index (χ1n) is 5.01. The van der Waals surface area contributed by atoms with Crippen LogP contribution < -0.4 is 4.90 Å². The second kappa shape index (κ2) is 3.14. The third kappa shape index (κ3) is 1.22. The lowest BCUT2D eigenvalue weighted by Gasteiger charge is -2.33. The van der Waals surface area contributed by atoms with Gasteiger partial charge in [0, 0.05) is 22.8 Å². The zero-order valence-electron chi connectivity index (χ0n) is 7.87. The van der Waals surface area contributed by atoms with Crippen molar-refractivity contribution >= 4 is 17.3 Å². The first-order chi connectivity index (χ1) is 6.84. The first-order valence-corrected chi connectivity index (χ1v) is 5.39. The summed E-state index contributed by atoms with van der Waals surface area (Å²) in [5.74, 6) is 0. The van der Waals surface area contributed by atoms with Gasteiger partial charge in [0.1, 0.15) is 6.23 Å². The minimum absolute atomic E-state index is 0.293. The van der Waals surface area contributed by atoms with Crippen LogP contribution in [0.25, 0.3) is 0 Å². The molecule has 0 bridgehead atoms. The number of rotatable bonds is 0. The van der Waals surface area contributed by atoms with E-state index in [2.05, 4.69) is 17.0 Å². The highest BCUT2D eigenvalue weighted by molar-refractivity contribution is 6.30. The van der Waals surface area contributed by atoms with E-state index in [0.717, 1.165) is 24.6 Å². The van der Waals surface area contributed by atoms with Crippen molar-refractivity contribution in [2.45, 2.75) is 25.7 Å². The van der Waals surface area contributed by atoms with Crippen molar-refractivity contribution in [3.05, 3.63) is 28.8 Å². The average molecular weight is 210 g/mol. The van der Waals surface area contributed by atoms with Crippen molar-refractivity contribution in [1.29, 1.82) is 0 Å². The molecular weight excluding hydrogens is 198 g/mol. The molecule has 0 N–H and O–H groups in total. The molecule has 14 heavy (non-hydrogen) atoms. The van der Waals surface area contributed by atoms with Gasteiger partial charge in [-0.2, -0.15) is 0 Å². The highest BCUT2D eigenvalue weighted by Crippen LogP contribution is 2.35. The molecule has 1 saturated heterocycles. The van der Waals surface area contributed by atoms with Crippen LogP contribution in [-0.4, -0.2) is 12.8 Å². The quantitative estimate of drug-likeness (QED) is 0.652. The molecule has 1 unspecified atom stereocenters. The van der Waals surface area contributed by atoms with Crippen LogP contribution in [0.3, 0.4) is 0 Å². The minimum atomic E-state index is 0.293. The third-order valence-corrected chi connectivity index (χ3v) is 3.22.